The largest absolute Gasteiger partial charge is 0.357 e. The van der Waals surface area contributed by atoms with E-state index in [2.05, 4.69) is 39.5 Å². The van der Waals surface area contributed by atoms with E-state index in [0.717, 1.165) is 37.9 Å². The number of hydrogen-bond acceptors (Lipinski definition) is 2. The molecule has 2 aliphatic rings. The highest BCUT2D eigenvalue weighted by atomic mass is 16.1. The molecule has 0 bridgehead atoms. The number of aromatic nitrogens is 1. The molecule has 0 unspecified atom stereocenters. The molecule has 4 heteroatoms. The number of carbonyl (C=O) groups is 1. The van der Waals surface area contributed by atoms with E-state index < -0.39 is 0 Å². The smallest absolute Gasteiger partial charge is 0.251 e. The summed E-state index contributed by atoms with van der Waals surface area (Å²) in [7, 11) is 0. The van der Waals surface area contributed by atoms with Gasteiger partial charge in [0.05, 0.1) is 6.04 Å². The van der Waals surface area contributed by atoms with Crippen molar-refractivity contribution in [3.05, 3.63) is 70.9 Å². The Bertz CT molecular complexity index is 989. The number of hydrogen-bond donors (Lipinski definition) is 2. The Morgan fingerprint density at radius 2 is 1.93 bits per heavy atom. The normalized spacial score (nSPS) is 22.3. The van der Waals surface area contributed by atoms with Gasteiger partial charge in [-0.3, -0.25) is 9.69 Å². The standard InChI is InChI=1S/C23H25N3O/c1-15-6-8-16(9-7-15)23(27)24-17-10-12-26-13-11-19-18-4-2-3-5-20(18)25-22(19)21(26)14-17/h2-9,17,21,25H,10-14H2,1H3,(H,24,27)/t17-,21-/m0/s1. The summed E-state index contributed by atoms with van der Waals surface area (Å²) >= 11 is 0. The summed E-state index contributed by atoms with van der Waals surface area (Å²) in [6.07, 6.45) is 3.09. The summed E-state index contributed by atoms with van der Waals surface area (Å²) in [5.74, 6) is 0.0427. The molecule has 2 aliphatic heterocycles. The van der Waals surface area contributed by atoms with Crippen LogP contribution in [0.25, 0.3) is 10.9 Å². The van der Waals surface area contributed by atoms with E-state index in [-0.39, 0.29) is 11.9 Å². The molecular weight excluding hydrogens is 334 g/mol. The molecule has 2 atom stereocenters. The topological polar surface area (TPSA) is 48.1 Å². The second-order valence-corrected chi connectivity index (χ2v) is 7.93. The fourth-order valence-electron chi connectivity index (χ4n) is 4.72. The maximum absolute atomic E-state index is 12.6. The van der Waals surface area contributed by atoms with Crippen molar-refractivity contribution in [2.45, 2.75) is 38.3 Å². The number of piperidine rings is 1. The van der Waals surface area contributed by atoms with Crippen molar-refractivity contribution in [2.24, 2.45) is 0 Å². The SMILES string of the molecule is Cc1ccc(C(=O)N[C@H]2CCN3CCc4c([nH]c5ccccc45)[C@@H]3C2)cc1. The van der Waals surface area contributed by atoms with Crippen LogP contribution in [0.15, 0.2) is 48.5 Å². The van der Waals surface area contributed by atoms with Gasteiger partial charge in [0.25, 0.3) is 5.91 Å². The molecule has 2 aromatic carbocycles. The Balaban J connectivity index is 1.37. The number of aryl methyl sites for hydroxylation is 1. The third-order valence-corrected chi connectivity index (χ3v) is 6.19. The molecule has 3 aromatic rings. The highest BCUT2D eigenvalue weighted by molar-refractivity contribution is 5.94. The molecule has 1 fully saturated rings. The van der Waals surface area contributed by atoms with Crippen LogP contribution < -0.4 is 5.32 Å². The van der Waals surface area contributed by atoms with Gasteiger partial charge < -0.3 is 10.3 Å². The minimum absolute atomic E-state index is 0.0427. The van der Waals surface area contributed by atoms with E-state index >= 15 is 0 Å². The summed E-state index contributed by atoms with van der Waals surface area (Å²) in [5, 5.41) is 4.63. The predicted octanol–water partition coefficient (Wildman–Crippen LogP) is 3.97. The zero-order valence-electron chi connectivity index (χ0n) is 15.7. The lowest BCUT2D eigenvalue weighted by atomic mass is 9.88. The fraction of sp³-hybridized carbons (Fsp3) is 0.348. The Labute approximate surface area is 159 Å². The Morgan fingerprint density at radius 3 is 2.78 bits per heavy atom. The number of para-hydroxylation sites is 1. The third kappa shape index (κ3) is 2.94. The number of fused-ring (bicyclic) bond motifs is 5. The highest BCUT2D eigenvalue weighted by Gasteiger charge is 2.35. The Morgan fingerprint density at radius 1 is 1.11 bits per heavy atom. The summed E-state index contributed by atoms with van der Waals surface area (Å²) < 4.78 is 0. The van der Waals surface area contributed by atoms with Crippen LogP contribution in [-0.4, -0.2) is 34.9 Å². The predicted molar refractivity (Wildman–Crippen MR) is 108 cm³/mol. The van der Waals surface area contributed by atoms with Crippen LogP contribution in [0.1, 0.15) is 46.1 Å². The van der Waals surface area contributed by atoms with Gasteiger partial charge in [-0.05, 0) is 49.9 Å². The van der Waals surface area contributed by atoms with Crippen LogP contribution in [0.5, 0.6) is 0 Å². The molecule has 0 spiro atoms. The summed E-state index contributed by atoms with van der Waals surface area (Å²) in [4.78, 5) is 18.9. The first kappa shape index (κ1) is 16.6. The summed E-state index contributed by atoms with van der Waals surface area (Å²) in [6.45, 7) is 4.19. The Hall–Kier alpha value is -2.59. The van der Waals surface area contributed by atoms with Crippen LogP contribution in [0, 0.1) is 6.92 Å². The molecular formula is C23H25N3O. The number of nitrogens with one attached hydrogen (secondary N) is 2. The van der Waals surface area contributed by atoms with Gasteiger partial charge in [0.1, 0.15) is 0 Å². The second-order valence-electron chi connectivity index (χ2n) is 7.93. The van der Waals surface area contributed by atoms with E-state index in [1.165, 1.54) is 27.7 Å². The molecule has 0 saturated carbocycles. The van der Waals surface area contributed by atoms with Crippen molar-refractivity contribution >= 4 is 16.8 Å². The summed E-state index contributed by atoms with van der Waals surface area (Å²) in [5.41, 5.74) is 5.98. The van der Waals surface area contributed by atoms with Crippen molar-refractivity contribution in [1.82, 2.24) is 15.2 Å². The van der Waals surface area contributed by atoms with Gasteiger partial charge in [-0.1, -0.05) is 35.9 Å². The summed E-state index contributed by atoms with van der Waals surface area (Å²) in [6, 6.07) is 17.0. The van der Waals surface area contributed by atoms with E-state index in [1.54, 1.807) is 0 Å². The maximum Gasteiger partial charge on any atom is 0.251 e. The van der Waals surface area contributed by atoms with Gasteiger partial charge in [0.2, 0.25) is 0 Å². The lowest BCUT2D eigenvalue weighted by Crippen LogP contribution is -2.48. The van der Waals surface area contributed by atoms with Crippen molar-refractivity contribution in [3.8, 4) is 0 Å². The monoisotopic (exact) mass is 359 g/mol. The number of nitrogens with zero attached hydrogens (tertiary/aromatic N) is 1. The van der Waals surface area contributed by atoms with Crippen LogP contribution in [-0.2, 0) is 6.42 Å². The van der Waals surface area contributed by atoms with Crippen molar-refractivity contribution in [3.63, 3.8) is 0 Å². The lowest BCUT2D eigenvalue weighted by Gasteiger charge is -2.42. The van der Waals surface area contributed by atoms with Crippen LogP contribution in [0.3, 0.4) is 0 Å². The maximum atomic E-state index is 12.6. The van der Waals surface area contributed by atoms with Crippen LogP contribution in [0.2, 0.25) is 0 Å². The molecule has 1 aromatic heterocycles. The van der Waals surface area contributed by atoms with E-state index in [9.17, 15) is 4.79 Å². The van der Waals surface area contributed by atoms with E-state index in [0.29, 0.717) is 6.04 Å². The zero-order valence-corrected chi connectivity index (χ0v) is 15.7. The van der Waals surface area contributed by atoms with Crippen molar-refractivity contribution < 1.29 is 4.79 Å². The molecule has 0 radical (unpaired) electrons. The van der Waals surface area contributed by atoms with E-state index in [1.807, 2.05) is 31.2 Å². The molecule has 2 N–H and O–H groups in total. The molecule has 0 aliphatic carbocycles. The first-order valence-corrected chi connectivity index (χ1v) is 9.90. The van der Waals surface area contributed by atoms with Crippen LogP contribution in [0.4, 0.5) is 0 Å². The van der Waals surface area contributed by atoms with Gasteiger partial charge in [0.15, 0.2) is 0 Å². The number of benzene rings is 2. The lowest BCUT2D eigenvalue weighted by molar-refractivity contribution is 0.0839. The quantitative estimate of drug-likeness (QED) is 0.727. The number of H-pyrrole nitrogens is 1. The molecule has 1 amide bonds. The van der Waals surface area contributed by atoms with Gasteiger partial charge in [-0.2, -0.15) is 0 Å². The minimum Gasteiger partial charge on any atom is -0.357 e. The van der Waals surface area contributed by atoms with Gasteiger partial charge in [-0.25, -0.2) is 0 Å². The van der Waals surface area contributed by atoms with Gasteiger partial charge in [0, 0.05) is 41.3 Å². The molecule has 5 rings (SSSR count). The Kier molecular flexibility index (Phi) is 4.01. The average molecular weight is 359 g/mol. The van der Waals surface area contributed by atoms with Gasteiger partial charge >= 0.3 is 0 Å². The average Bonchev–Trinajstić information content (AvgIpc) is 3.08. The third-order valence-electron chi connectivity index (χ3n) is 6.19. The zero-order chi connectivity index (χ0) is 18.4. The van der Waals surface area contributed by atoms with Crippen molar-refractivity contribution in [1.29, 1.82) is 0 Å². The molecule has 27 heavy (non-hydrogen) atoms. The fourth-order valence-corrected chi connectivity index (χ4v) is 4.72. The number of amides is 1. The number of carbonyl (C=O) groups excluding carboxylic acids is 1. The number of aromatic amines is 1. The second kappa shape index (κ2) is 6.54. The van der Waals surface area contributed by atoms with E-state index in [4.69, 9.17) is 0 Å². The number of rotatable bonds is 2. The molecule has 1 saturated heterocycles. The molecule has 3 heterocycles. The minimum atomic E-state index is 0.0427. The van der Waals surface area contributed by atoms with Crippen molar-refractivity contribution in [2.75, 3.05) is 13.1 Å². The van der Waals surface area contributed by atoms with Gasteiger partial charge in [-0.15, -0.1) is 0 Å². The first-order valence-electron chi connectivity index (χ1n) is 9.90. The molecule has 4 nitrogen and oxygen atoms in total. The first-order chi connectivity index (χ1) is 13.2. The highest BCUT2D eigenvalue weighted by Crippen LogP contribution is 2.39. The van der Waals surface area contributed by atoms with Crippen LogP contribution >= 0.6 is 0 Å². The molecule has 138 valence electrons.